The molecule has 4 nitrogen and oxygen atoms in total. The molecule has 0 saturated heterocycles. The molecule has 3 aromatic rings. The van der Waals surface area contributed by atoms with E-state index in [0.29, 0.717) is 11.7 Å². The van der Waals surface area contributed by atoms with Gasteiger partial charge < -0.3 is 5.32 Å². The predicted octanol–water partition coefficient (Wildman–Crippen LogP) is 4.24. The van der Waals surface area contributed by atoms with Gasteiger partial charge in [0.2, 0.25) is 5.91 Å². The summed E-state index contributed by atoms with van der Waals surface area (Å²) in [6.45, 7) is 4.37. The van der Waals surface area contributed by atoms with Crippen LogP contribution < -0.4 is 5.32 Å². The van der Waals surface area contributed by atoms with Crippen LogP contribution in [0.4, 0.5) is 0 Å². The van der Waals surface area contributed by atoms with E-state index < -0.39 is 5.25 Å². The molecule has 0 saturated carbocycles. The van der Waals surface area contributed by atoms with Crippen LogP contribution in [0, 0.1) is 13.8 Å². The fraction of sp³-hybridized carbons (Fsp3) is 0.190. The summed E-state index contributed by atoms with van der Waals surface area (Å²) in [6, 6.07) is 21.6. The third kappa shape index (κ3) is 4.92. The van der Waals surface area contributed by atoms with E-state index in [9.17, 15) is 4.79 Å². The lowest BCUT2D eigenvalue weighted by atomic mass is 10.1. The Morgan fingerprint density at radius 2 is 1.54 bits per heavy atom. The van der Waals surface area contributed by atoms with Gasteiger partial charge in [-0.3, -0.25) is 4.79 Å². The lowest BCUT2D eigenvalue weighted by molar-refractivity contribution is -0.120. The maximum Gasteiger partial charge on any atom is 0.238 e. The first-order valence-corrected chi connectivity index (χ1v) is 9.35. The molecule has 0 aliphatic heterocycles. The van der Waals surface area contributed by atoms with Gasteiger partial charge in [-0.05, 0) is 31.0 Å². The number of rotatable bonds is 6. The third-order valence-corrected chi connectivity index (χ3v) is 4.95. The standard InChI is InChI=1S/C21H21N3OS/c1-15-13-16(2)24-21(23-15)26-19(18-11-7-4-8-12-18)20(25)22-14-17-9-5-3-6-10-17/h3-13,19H,14H2,1-2H3,(H,22,25)/t19-/m0/s1. The van der Waals surface area contributed by atoms with Crippen molar-refractivity contribution in [2.24, 2.45) is 0 Å². The van der Waals surface area contributed by atoms with Gasteiger partial charge in [0.05, 0.1) is 0 Å². The molecule has 1 N–H and O–H groups in total. The van der Waals surface area contributed by atoms with Crippen molar-refractivity contribution in [2.45, 2.75) is 30.8 Å². The lowest BCUT2D eigenvalue weighted by Crippen LogP contribution is -2.27. The fourth-order valence-electron chi connectivity index (χ4n) is 2.63. The van der Waals surface area contributed by atoms with Crippen molar-refractivity contribution in [3.8, 4) is 0 Å². The van der Waals surface area contributed by atoms with Crippen molar-refractivity contribution < 1.29 is 4.79 Å². The number of carbonyl (C=O) groups is 1. The van der Waals surface area contributed by atoms with Gasteiger partial charge in [-0.25, -0.2) is 9.97 Å². The number of hydrogen-bond donors (Lipinski definition) is 1. The average Bonchev–Trinajstić information content (AvgIpc) is 2.65. The Morgan fingerprint density at radius 3 is 2.15 bits per heavy atom. The molecule has 132 valence electrons. The monoisotopic (exact) mass is 363 g/mol. The molecule has 5 heteroatoms. The van der Waals surface area contributed by atoms with Gasteiger partial charge in [-0.15, -0.1) is 0 Å². The second-order valence-electron chi connectivity index (χ2n) is 6.05. The Kier molecular flexibility index (Phi) is 6.02. The summed E-state index contributed by atoms with van der Waals surface area (Å²) >= 11 is 1.38. The van der Waals surface area contributed by atoms with Crippen LogP contribution in [0.25, 0.3) is 0 Å². The van der Waals surface area contributed by atoms with E-state index in [-0.39, 0.29) is 5.91 Å². The summed E-state index contributed by atoms with van der Waals surface area (Å²) in [6.07, 6.45) is 0. The second-order valence-corrected chi connectivity index (χ2v) is 7.12. The average molecular weight is 363 g/mol. The Hall–Kier alpha value is -2.66. The smallest absolute Gasteiger partial charge is 0.238 e. The Balaban J connectivity index is 1.80. The van der Waals surface area contributed by atoms with Gasteiger partial charge in [-0.1, -0.05) is 72.4 Å². The number of nitrogens with zero attached hydrogens (tertiary/aromatic N) is 2. The molecule has 0 unspecified atom stereocenters. The zero-order valence-electron chi connectivity index (χ0n) is 14.8. The second kappa shape index (κ2) is 8.63. The topological polar surface area (TPSA) is 54.9 Å². The summed E-state index contributed by atoms with van der Waals surface area (Å²) in [4.78, 5) is 21.8. The van der Waals surface area contributed by atoms with E-state index in [1.165, 1.54) is 11.8 Å². The van der Waals surface area contributed by atoms with Crippen LogP contribution in [0.2, 0.25) is 0 Å². The highest BCUT2D eigenvalue weighted by Crippen LogP contribution is 2.33. The zero-order chi connectivity index (χ0) is 18.4. The normalized spacial score (nSPS) is 11.8. The molecule has 1 heterocycles. The van der Waals surface area contributed by atoms with E-state index >= 15 is 0 Å². The van der Waals surface area contributed by atoms with Crippen LogP contribution >= 0.6 is 11.8 Å². The van der Waals surface area contributed by atoms with Crippen LogP contribution in [-0.2, 0) is 11.3 Å². The third-order valence-electron chi connectivity index (χ3n) is 3.84. The summed E-state index contributed by atoms with van der Waals surface area (Å²) < 4.78 is 0. The minimum absolute atomic E-state index is 0.0483. The maximum atomic E-state index is 12.9. The van der Waals surface area contributed by atoms with Gasteiger partial charge >= 0.3 is 0 Å². The SMILES string of the molecule is Cc1cc(C)nc(S[C@H](C(=O)NCc2ccccc2)c2ccccc2)n1. The highest BCUT2D eigenvalue weighted by atomic mass is 32.2. The zero-order valence-corrected chi connectivity index (χ0v) is 15.7. The van der Waals surface area contributed by atoms with Crippen molar-refractivity contribution in [3.63, 3.8) is 0 Å². The van der Waals surface area contributed by atoms with E-state index in [1.54, 1.807) is 0 Å². The lowest BCUT2D eigenvalue weighted by Gasteiger charge is -2.16. The van der Waals surface area contributed by atoms with Crippen LogP contribution in [0.1, 0.15) is 27.8 Å². The molecule has 1 atom stereocenters. The molecular formula is C21H21N3OS. The summed E-state index contributed by atoms with van der Waals surface area (Å²) in [7, 11) is 0. The van der Waals surface area contributed by atoms with Crippen LogP contribution in [0.3, 0.4) is 0 Å². The molecule has 0 aliphatic rings. The Labute approximate surface area is 158 Å². The molecule has 0 spiro atoms. The number of carbonyl (C=O) groups excluding carboxylic acids is 1. The van der Waals surface area contributed by atoms with E-state index in [4.69, 9.17) is 0 Å². The minimum atomic E-state index is -0.402. The number of aryl methyl sites for hydroxylation is 2. The molecule has 26 heavy (non-hydrogen) atoms. The summed E-state index contributed by atoms with van der Waals surface area (Å²) in [5.74, 6) is -0.0483. The first-order valence-electron chi connectivity index (χ1n) is 8.47. The first-order chi connectivity index (χ1) is 12.6. The van der Waals surface area contributed by atoms with Crippen molar-refractivity contribution in [1.82, 2.24) is 15.3 Å². The van der Waals surface area contributed by atoms with Gasteiger partial charge in [0.25, 0.3) is 0 Å². The number of benzene rings is 2. The predicted molar refractivity (Wildman–Crippen MR) is 105 cm³/mol. The summed E-state index contributed by atoms with van der Waals surface area (Å²) in [5, 5.41) is 3.25. The van der Waals surface area contributed by atoms with Crippen molar-refractivity contribution >= 4 is 17.7 Å². The van der Waals surface area contributed by atoms with E-state index in [1.807, 2.05) is 80.6 Å². The summed E-state index contributed by atoms with van der Waals surface area (Å²) in [5.41, 5.74) is 3.80. The Bertz CT molecular complexity index is 849. The minimum Gasteiger partial charge on any atom is -0.351 e. The van der Waals surface area contributed by atoms with E-state index in [0.717, 1.165) is 22.5 Å². The molecule has 0 radical (unpaired) electrons. The highest BCUT2D eigenvalue weighted by Gasteiger charge is 2.23. The quantitative estimate of drug-likeness (QED) is 0.526. The Morgan fingerprint density at radius 1 is 0.962 bits per heavy atom. The number of aromatic nitrogens is 2. The number of nitrogens with one attached hydrogen (secondary N) is 1. The van der Waals surface area contributed by atoms with Crippen LogP contribution in [-0.4, -0.2) is 15.9 Å². The molecule has 0 aliphatic carbocycles. The maximum absolute atomic E-state index is 12.9. The fourth-order valence-corrected chi connectivity index (χ4v) is 3.72. The molecular weight excluding hydrogens is 342 g/mol. The van der Waals surface area contributed by atoms with Gasteiger partial charge in [0.15, 0.2) is 5.16 Å². The number of thioether (sulfide) groups is 1. The van der Waals surface area contributed by atoms with Crippen LogP contribution in [0.5, 0.6) is 0 Å². The molecule has 3 rings (SSSR count). The highest BCUT2D eigenvalue weighted by molar-refractivity contribution is 8.00. The van der Waals surface area contributed by atoms with Crippen molar-refractivity contribution in [1.29, 1.82) is 0 Å². The number of amides is 1. The number of hydrogen-bond acceptors (Lipinski definition) is 4. The van der Waals surface area contributed by atoms with Crippen molar-refractivity contribution in [2.75, 3.05) is 0 Å². The first kappa shape index (κ1) is 18.1. The van der Waals surface area contributed by atoms with Crippen molar-refractivity contribution in [3.05, 3.63) is 89.2 Å². The van der Waals surface area contributed by atoms with Crippen LogP contribution in [0.15, 0.2) is 71.9 Å². The molecule has 1 amide bonds. The van der Waals surface area contributed by atoms with Gasteiger partial charge in [-0.2, -0.15) is 0 Å². The van der Waals surface area contributed by atoms with Gasteiger partial charge in [0.1, 0.15) is 5.25 Å². The van der Waals surface area contributed by atoms with E-state index in [2.05, 4.69) is 15.3 Å². The molecule has 0 bridgehead atoms. The molecule has 1 aromatic heterocycles. The molecule has 2 aromatic carbocycles. The van der Waals surface area contributed by atoms with Gasteiger partial charge in [0, 0.05) is 17.9 Å². The largest absolute Gasteiger partial charge is 0.351 e. The molecule has 0 fully saturated rings.